The van der Waals surface area contributed by atoms with Crippen LogP contribution in [0.1, 0.15) is 28.9 Å². The van der Waals surface area contributed by atoms with Gasteiger partial charge in [-0.15, -0.1) is 0 Å². The van der Waals surface area contributed by atoms with Crippen LogP contribution in [0.3, 0.4) is 0 Å². The van der Waals surface area contributed by atoms with Crippen LogP contribution in [-0.2, 0) is 0 Å². The molecule has 21 heavy (non-hydrogen) atoms. The molecule has 1 N–H and O–H groups in total. The quantitative estimate of drug-likeness (QED) is 0.901. The summed E-state index contributed by atoms with van der Waals surface area (Å²) in [6, 6.07) is 11.4. The average molecular weight is 324 g/mol. The summed E-state index contributed by atoms with van der Waals surface area (Å²) in [5.74, 6) is -0.0249. The van der Waals surface area contributed by atoms with E-state index in [1.807, 2.05) is 13.0 Å². The van der Waals surface area contributed by atoms with Gasteiger partial charge in [0, 0.05) is 18.2 Å². The lowest BCUT2D eigenvalue weighted by Crippen LogP contribution is -2.29. The van der Waals surface area contributed by atoms with E-state index < -0.39 is 0 Å². The summed E-state index contributed by atoms with van der Waals surface area (Å²) in [6.45, 7) is 1.85. The molecule has 1 amide bonds. The molecule has 0 fully saturated rings. The molecule has 0 heterocycles. The molecule has 3 nitrogen and oxygen atoms in total. The Morgan fingerprint density at radius 3 is 2.43 bits per heavy atom. The molecule has 1 atom stereocenters. The van der Waals surface area contributed by atoms with E-state index in [9.17, 15) is 9.90 Å². The zero-order valence-corrected chi connectivity index (χ0v) is 13.2. The van der Waals surface area contributed by atoms with Crippen molar-refractivity contribution in [3.05, 3.63) is 63.6 Å². The Hall–Kier alpha value is -1.71. The van der Waals surface area contributed by atoms with E-state index in [0.717, 1.165) is 0 Å². The topological polar surface area (TPSA) is 40.5 Å². The highest BCUT2D eigenvalue weighted by Crippen LogP contribution is 2.29. The maximum atomic E-state index is 12.5. The van der Waals surface area contributed by atoms with Gasteiger partial charge in [0.1, 0.15) is 5.75 Å². The van der Waals surface area contributed by atoms with Crippen molar-refractivity contribution < 1.29 is 9.90 Å². The number of halogens is 2. The first-order valence-electron chi connectivity index (χ1n) is 6.42. The van der Waals surface area contributed by atoms with Crippen molar-refractivity contribution in [3.8, 4) is 5.75 Å². The minimum absolute atomic E-state index is 0.166. The van der Waals surface area contributed by atoms with E-state index in [1.165, 1.54) is 0 Å². The summed E-state index contributed by atoms with van der Waals surface area (Å²) in [5.41, 5.74) is 1.14. The van der Waals surface area contributed by atoms with Gasteiger partial charge in [0.25, 0.3) is 5.91 Å². The summed E-state index contributed by atoms with van der Waals surface area (Å²) >= 11 is 11.8. The van der Waals surface area contributed by atoms with Crippen LogP contribution in [-0.4, -0.2) is 23.0 Å². The second kappa shape index (κ2) is 6.37. The van der Waals surface area contributed by atoms with Crippen LogP contribution in [0, 0.1) is 0 Å². The molecule has 0 radical (unpaired) electrons. The Morgan fingerprint density at radius 1 is 1.14 bits per heavy atom. The summed E-state index contributed by atoms with van der Waals surface area (Å²) in [7, 11) is 1.68. The monoisotopic (exact) mass is 323 g/mol. The summed E-state index contributed by atoms with van der Waals surface area (Å²) < 4.78 is 0. The van der Waals surface area contributed by atoms with Crippen LogP contribution < -0.4 is 0 Å². The van der Waals surface area contributed by atoms with E-state index in [-0.39, 0.29) is 17.7 Å². The first kappa shape index (κ1) is 15.7. The van der Waals surface area contributed by atoms with Crippen molar-refractivity contribution in [2.45, 2.75) is 13.0 Å². The number of carbonyl (C=O) groups excluding carboxylic acids is 1. The van der Waals surface area contributed by atoms with Gasteiger partial charge in [-0.05, 0) is 31.2 Å². The predicted octanol–water partition coefficient (Wildman–Crippen LogP) is 4.53. The minimum Gasteiger partial charge on any atom is -0.508 e. The fraction of sp³-hybridized carbons (Fsp3) is 0.188. The van der Waals surface area contributed by atoms with Gasteiger partial charge in [-0.25, -0.2) is 0 Å². The van der Waals surface area contributed by atoms with Crippen molar-refractivity contribution in [2.75, 3.05) is 7.05 Å². The van der Waals surface area contributed by atoms with E-state index in [2.05, 4.69) is 0 Å². The van der Waals surface area contributed by atoms with Gasteiger partial charge in [0.15, 0.2) is 0 Å². The number of carbonyl (C=O) groups is 1. The van der Waals surface area contributed by atoms with Crippen LogP contribution in [0.2, 0.25) is 10.0 Å². The Balaban J connectivity index is 2.26. The molecule has 0 aliphatic carbocycles. The first-order chi connectivity index (χ1) is 9.91. The van der Waals surface area contributed by atoms with E-state index in [0.29, 0.717) is 21.2 Å². The third-order valence-electron chi connectivity index (χ3n) is 3.45. The highest BCUT2D eigenvalue weighted by molar-refractivity contribution is 6.42. The van der Waals surface area contributed by atoms with Crippen molar-refractivity contribution >= 4 is 29.1 Å². The lowest BCUT2D eigenvalue weighted by atomic mass is 10.1. The van der Waals surface area contributed by atoms with Crippen molar-refractivity contribution in [1.82, 2.24) is 4.90 Å². The lowest BCUT2D eigenvalue weighted by molar-refractivity contribution is 0.0741. The molecule has 2 aromatic carbocycles. The third kappa shape index (κ3) is 3.31. The fourth-order valence-corrected chi connectivity index (χ4v) is 2.36. The number of phenolic OH excluding ortho intramolecular Hbond substituents is 1. The molecule has 0 spiro atoms. The Labute approximate surface area is 133 Å². The number of rotatable bonds is 3. The fourth-order valence-electron chi connectivity index (χ4n) is 2.06. The third-order valence-corrected chi connectivity index (χ3v) is 4.19. The molecule has 0 saturated carbocycles. The molecule has 0 bridgehead atoms. The number of para-hydroxylation sites is 1. The summed E-state index contributed by atoms with van der Waals surface area (Å²) in [6.07, 6.45) is 0. The van der Waals surface area contributed by atoms with E-state index in [4.69, 9.17) is 23.2 Å². The summed E-state index contributed by atoms with van der Waals surface area (Å²) in [4.78, 5) is 14.0. The number of hydrogen-bond acceptors (Lipinski definition) is 2. The number of phenols is 1. The second-order valence-electron chi connectivity index (χ2n) is 4.78. The average Bonchev–Trinajstić information content (AvgIpc) is 2.48. The van der Waals surface area contributed by atoms with Gasteiger partial charge in [-0.3, -0.25) is 4.79 Å². The van der Waals surface area contributed by atoms with Gasteiger partial charge in [0.05, 0.1) is 16.1 Å². The molecule has 5 heteroatoms. The SMILES string of the molecule is CC(c1ccccc1O)N(C)C(=O)c1ccc(Cl)c(Cl)c1. The number of benzene rings is 2. The standard InChI is InChI=1S/C16H15Cl2NO2/c1-10(12-5-3-4-6-15(12)20)19(2)16(21)11-7-8-13(17)14(18)9-11/h3-10,20H,1-2H3. The summed E-state index contributed by atoms with van der Waals surface area (Å²) in [5, 5.41) is 10.6. The first-order valence-corrected chi connectivity index (χ1v) is 7.17. The Morgan fingerprint density at radius 2 is 1.81 bits per heavy atom. The Kier molecular flexibility index (Phi) is 4.76. The number of amides is 1. The number of nitrogens with zero attached hydrogens (tertiary/aromatic N) is 1. The van der Waals surface area contributed by atoms with Crippen LogP contribution in [0.15, 0.2) is 42.5 Å². The highest BCUT2D eigenvalue weighted by Gasteiger charge is 2.21. The molecule has 2 rings (SSSR count). The van der Waals surface area contributed by atoms with Gasteiger partial charge in [-0.1, -0.05) is 41.4 Å². The zero-order chi connectivity index (χ0) is 15.6. The number of hydrogen-bond donors (Lipinski definition) is 1. The van der Waals surface area contributed by atoms with Gasteiger partial charge < -0.3 is 10.0 Å². The van der Waals surface area contributed by atoms with E-state index in [1.54, 1.807) is 48.3 Å². The van der Waals surface area contributed by atoms with Crippen molar-refractivity contribution in [1.29, 1.82) is 0 Å². The largest absolute Gasteiger partial charge is 0.508 e. The Bertz CT molecular complexity index is 673. The molecule has 1 unspecified atom stereocenters. The second-order valence-corrected chi connectivity index (χ2v) is 5.59. The highest BCUT2D eigenvalue weighted by atomic mass is 35.5. The van der Waals surface area contributed by atoms with Gasteiger partial charge in [0.2, 0.25) is 0 Å². The molecule has 0 aromatic heterocycles. The van der Waals surface area contributed by atoms with Crippen LogP contribution >= 0.6 is 23.2 Å². The molecule has 0 aliphatic heterocycles. The molecular weight excluding hydrogens is 309 g/mol. The molecule has 110 valence electrons. The smallest absolute Gasteiger partial charge is 0.254 e. The molecule has 2 aromatic rings. The van der Waals surface area contributed by atoms with Crippen molar-refractivity contribution in [2.24, 2.45) is 0 Å². The van der Waals surface area contributed by atoms with Crippen LogP contribution in [0.5, 0.6) is 5.75 Å². The normalized spacial score (nSPS) is 12.0. The zero-order valence-electron chi connectivity index (χ0n) is 11.7. The number of aromatic hydroxyl groups is 1. The van der Waals surface area contributed by atoms with Crippen LogP contribution in [0.4, 0.5) is 0 Å². The van der Waals surface area contributed by atoms with E-state index >= 15 is 0 Å². The van der Waals surface area contributed by atoms with Gasteiger partial charge in [-0.2, -0.15) is 0 Å². The minimum atomic E-state index is -0.270. The van der Waals surface area contributed by atoms with Gasteiger partial charge >= 0.3 is 0 Å². The predicted molar refractivity (Wildman–Crippen MR) is 85.1 cm³/mol. The molecule has 0 saturated heterocycles. The lowest BCUT2D eigenvalue weighted by Gasteiger charge is -2.26. The van der Waals surface area contributed by atoms with Crippen molar-refractivity contribution in [3.63, 3.8) is 0 Å². The maximum Gasteiger partial charge on any atom is 0.254 e. The molecular formula is C16H15Cl2NO2. The maximum absolute atomic E-state index is 12.5. The molecule has 0 aliphatic rings. The van der Waals surface area contributed by atoms with Crippen LogP contribution in [0.25, 0.3) is 0 Å².